The van der Waals surface area contributed by atoms with Gasteiger partial charge in [-0.2, -0.15) is 0 Å². The van der Waals surface area contributed by atoms with Gasteiger partial charge in [-0.3, -0.25) is 9.63 Å². The van der Waals surface area contributed by atoms with Crippen LogP contribution in [0.5, 0.6) is 5.75 Å². The van der Waals surface area contributed by atoms with Crippen LogP contribution in [-0.2, 0) is 4.84 Å². The van der Waals surface area contributed by atoms with Gasteiger partial charge in [0, 0.05) is 5.56 Å². The molecule has 1 aromatic carbocycles. The van der Waals surface area contributed by atoms with Crippen LogP contribution in [0.15, 0.2) is 18.2 Å². The van der Waals surface area contributed by atoms with Crippen LogP contribution in [-0.4, -0.2) is 36.2 Å². The molecule has 0 saturated carbocycles. The number of carbonyl (C=O) groups excluding carboxylic acids is 1. The quantitative estimate of drug-likeness (QED) is 0.873. The topological polar surface area (TPSA) is 77.7 Å². The summed E-state index contributed by atoms with van der Waals surface area (Å²) in [5.41, 5.74) is 6.10. The number of hydrogen-bond acceptors (Lipinski definition) is 5. The minimum atomic E-state index is -0.708. The second-order valence-electron chi connectivity index (χ2n) is 5.30. The summed E-state index contributed by atoms with van der Waals surface area (Å²) < 4.78 is 19.6. The lowest BCUT2D eigenvalue weighted by atomic mass is 10.1. The van der Waals surface area contributed by atoms with Gasteiger partial charge in [-0.15, -0.1) is 0 Å². The largest absolute Gasteiger partial charge is 0.492 e. The van der Waals surface area contributed by atoms with Crippen molar-refractivity contribution < 1.29 is 18.8 Å². The number of benzene rings is 1. The number of nitrogens with two attached hydrogens (primary N) is 1. The lowest BCUT2D eigenvalue weighted by Gasteiger charge is -2.16. The maximum absolute atomic E-state index is 14.6. The van der Waals surface area contributed by atoms with E-state index in [2.05, 4.69) is 4.98 Å². The van der Waals surface area contributed by atoms with Gasteiger partial charge in [-0.25, -0.2) is 14.4 Å². The minimum Gasteiger partial charge on any atom is -0.492 e. The van der Waals surface area contributed by atoms with Crippen molar-refractivity contribution in [3.63, 3.8) is 0 Å². The summed E-state index contributed by atoms with van der Waals surface area (Å²) in [6.45, 7) is 0.853. The highest BCUT2D eigenvalue weighted by Crippen LogP contribution is 2.36. The second kappa shape index (κ2) is 7.03. The molecule has 0 spiro atoms. The fraction of sp³-hybridized carbons (Fsp3) is 0.250. The fourth-order valence-electron chi connectivity index (χ4n) is 2.47. The standard InChI is InChI=1S/C16H14Cl2FN3O3/c1-24-15-9(17)4-3-8(13(15)19)11-7-10(20)12(18)14(21-11)16(23)22-5-2-6-25-22/h3-4,7H,2,5-6H2,1H3,(H2,20,21). The van der Waals surface area contributed by atoms with Crippen molar-refractivity contribution in [1.29, 1.82) is 0 Å². The van der Waals surface area contributed by atoms with E-state index >= 15 is 0 Å². The smallest absolute Gasteiger partial charge is 0.297 e. The molecule has 132 valence electrons. The van der Waals surface area contributed by atoms with Crippen LogP contribution < -0.4 is 10.5 Å². The van der Waals surface area contributed by atoms with Gasteiger partial charge in [-0.1, -0.05) is 23.2 Å². The highest BCUT2D eigenvalue weighted by molar-refractivity contribution is 6.36. The van der Waals surface area contributed by atoms with Crippen molar-refractivity contribution in [3.05, 3.63) is 39.8 Å². The predicted molar refractivity (Wildman–Crippen MR) is 92.2 cm³/mol. The van der Waals surface area contributed by atoms with Gasteiger partial charge < -0.3 is 10.5 Å². The molecule has 1 saturated heterocycles. The number of halogens is 3. The number of hydrogen-bond donors (Lipinski definition) is 1. The number of amides is 1. The van der Waals surface area contributed by atoms with Gasteiger partial charge in [0.25, 0.3) is 5.91 Å². The summed E-state index contributed by atoms with van der Waals surface area (Å²) >= 11 is 12.0. The van der Waals surface area contributed by atoms with Gasteiger partial charge in [0.05, 0.1) is 41.7 Å². The molecule has 0 unspecified atom stereocenters. The van der Waals surface area contributed by atoms with E-state index < -0.39 is 11.7 Å². The first-order valence-electron chi connectivity index (χ1n) is 7.37. The summed E-state index contributed by atoms with van der Waals surface area (Å²) in [6.07, 6.45) is 0.710. The highest BCUT2D eigenvalue weighted by Gasteiger charge is 2.27. The van der Waals surface area contributed by atoms with Gasteiger partial charge in [0.15, 0.2) is 17.3 Å². The van der Waals surface area contributed by atoms with Crippen molar-refractivity contribution in [2.75, 3.05) is 26.0 Å². The van der Waals surface area contributed by atoms with Crippen LogP contribution in [0.1, 0.15) is 16.9 Å². The number of rotatable bonds is 3. The van der Waals surface area contributed by atoms with E-state index in [4.69, 9.17) is 38.5 Å². The summed E-state index contributed by atoms with van der Waals surface area (Å²) in [5, 5.41) is 1.27. The summed E-state index contributed by atoms with van der Waals surface area (Å²) in [5.74, 6) is -1.36. The Kier molecular flexibility index (Phi) is 4.99. The van der Waals surface area contributed by atoms with Gasteiger partial charge in [0.1, 0.15) is 0 Å². The molecule has 0 atom stereocenters. The zero-order valence-electron chi connectivity index (χ0n) is 13.2. The van der Waals surface area contributed by atoms with Crippen LogP contribution in [0.25, 0.3) is 11.3 Å². The fourth-order valence-corrected chi connectivity index (χ4v) is 2.87. The third kappa shape index (κ3) is 3.22. The highest BCUT2D eigenvalue weighted by atomic mass is 35.5. The summed E-state index contributed by atoms with van der Waals surface area (Å²) in [7, 11) is 1.30. The van der Waals surface area contributed by atoms with E-state index in [9.17, 15) is 9.18 Å². The van der Waals surface area contributed by atoms with Crippen molar-refractivity contribution in [3.8, 4) is 17.0 Å². The summed E-state index contributed by atoms with van der Waals surface area (Å²) in [4.78, 5) is 21.9. The molecule has 2 aromatic rings. The zero-order valence-corrected chi connectivity index (χ0v) is 14.7. The lowest BCUT2D eigenvalue weighted by molar-refractivity contribution is -0.0771. The van der Waals surface area contributed by atoms with E-state index in [1.807, 2.05) is 0 Å². The third-order valence-electron chi connectivity index (χ3n) is 3.70. The van der Waals surface area contributed by atoms with E-state index in [0.29, 0.717) is 19.6 Å². The van der Waals surface area contributed by atoms with E-state index in [-0.39, 0.29) is 38.4 Å². The van der Waals surface area contributed by atoms with E-state index in [1.54, 1.807) is 0 Å². The summed E-state index contributed by atoms with van der Waals surface area (Å²) in [6, 6.07) is 4.28. The number of methoxy groups -OCH3 is 1. The molecular formula is C16H14Cl2FN3O3. The second-order valence-corrected chi connectivity index (χ2v) is 6.08. The molecule has 25 heavy (non-hydrogen) atoms. The molecular weight excluding hydrogens is 372 g/mol. The molecule has 1 aliphatic heterocycles. The lowest BCUT2D eigenvalue weighted by Crippen LogP contribution is -2.28. The molecule has 3 rings (SSSR count). The Morgan fingerprint density at radius 2 is 2.20 bits per heavy atom. The van der Waals surface area contributed by atoms with Gasteiger partial charge in [0.2, 0.25) is 0 Å². The molecule has 1 aromatic heterocycles. The monoisotopic (exact) mass is 385 g/mol. The first-order valence-corrected chi connectivity index (χ1v) is 8.12. The average Bonchev–Trinajstić information content (AvgIpc) is 3.12. The number of ether oxygens (including phenoxy) is 1. The van der Waals surface area contributed by atoms with Crippen molar-refractivity contribution in [1.82, 2.24) is 10.0 Å². The van der Waals surface area contributed by atoms with Crippen LogP contribution in [0.3, 0.4) is 0 Å². The number of pyridine rings is 1. The Hall–Kier alpha value is -2.09. The minimum absolute atomic E-state index is 0.00872. The van der Waals surface area contributed by atoms with Crippen molar-refractivity contribution in [2.24, 2.45) is 0 Å². The van der Waals surface area contributed by atoms with Crippen LogP contribution in [0.4, 0.5) is 10.1 Å². The van der Waals surface area contributed by atoms with Crippen LogP contribution in [0, 0.1) is 5.82 Å². The van der Waals surface area contributed by atoms with E-state index in [0.717, 1.165) is 5.06 Å². The molecule has 1 fully saturated rings. The zero-order chi connectivity index (χ0) is 18.1. The molecule has 2 N–H and O–H groups in total. The van der Waals surface area contributed by atoms with Crippen LogP contribution >= 0.6 is 23.2 Å². The molecule has 0 radical (unpaired) electrons. The first-order chi connectivity index (χ1) is 11.9. The Balaban J connectivity index is 2.11. The first kappa shape index (κ1) is 17.7. The molecule has 9 heteroatoms. The molecule has 1 amide bonds. The average molecular weight is 386 g/mol. The van der Waals surface area contributed by atoms with Crippen LogP contribution in [0.2, 0.25) is 10.0 Å². The Morgan fingerprint density at radius 3 is 2.84 bits per heavy atom. The van der Waals surface area contributed by atoms with Gasteiger partial charge in [-0.05, 0) is 24.6 Å². The SMILES string of the molecule is COc1c(Cl)ccc(-c2cc(N)c(Cl)c(C(=O)N3CCCO3)n2)c1F. The Labute approximate surface area is 153 Å². The normalized spacial score (nSPS) is 14.0. The van der Waals surface area contributed by atoms with Crippen molar-refractivity contribution in [2.45, 2.75) is 6.42 Å². The maximum atomic E-state index is 14.6. The predicted octanol–water partition coefficient (Wildman–Crippen LogP) is 3.56. The number of carbonyl (C=O) groups is 1. The molecule has 6 nitrogen and oxygen atoms in total. The Morgan fingerprint density at radius 1 is 1.44 bits per heavy atom. The number of hydroxylamine groups is 2. The molecule has 0 aliphatic carbocycles. The van der Waals surface area contributed by atoms with Gasteiger partial charge >= 0.3 is 0 Å². The molecule has 0 bridgehead atoms. The number of aromatic nitrogens is 1. The number of anilines is 1. The molecule has 2 heterocycles. The third-order valence-corrected chi connectivity index (χ3v) is 4.39. The maximum Gasteiger partial charge on any atom is 0.297 e. The van der Waals surface area contributed by atoms with Crippen molar-refractivity contribution >= 4 is 34.8 Å². The number of nitrogen functional groups attached to an aromatic ring is 1. The molecule has 1 aliphatic rings. The number of nitrogens with zero attached hydrogens (tertiary/aromatic N) is 2. The Bertz CT molecular complexity index is 842. The van der Waals surface area contributed by atoms with E-state index in [1.165, 1.54) is 25.3 Å².